The molecule has 1 aliphatic rings. The maximum atomic E-state index is 12.1. The number of hydrogen-bond acceptors (Lipinski definition) is 2. The second-order valence-corrected chi connectivity index (χ2v) is 5.43. The molecule has 1 saturated carbocycles. The summed E-state index contributed by atoms with van der Waals surface area (Å²) in [5.41, 5.74) is 1.21. The molecule has 116 valence electrons. The van der Waals surface area contributed by atoms with E-state index in [9.17, 15) is 18.0 Å². The van der Waals surface area contributed by atoms with Gasteiger partial charge in [-0.25, -0.2) is 0 Å². The topological polar surface area (TPSA) is 41.1 Å². The second kappa shape index (κ2) is 6.93. The first-order chi connectivity index (χ1) is 9.92. The van der Waals surface area contributed by atoms with Crippen LogP contribution in [0.3, 0.4) is 0 Å². The fourth-order valence-electron chi connectivity index (χ4n) is 1.96. The van der Waals surface area contributed by atoms with Crippen LogP contribution in [0.2, 0.25) is 0 Å². The average molecular weight is 300 g/mol. The number of hydrogen-bond donors (Lipinski definition) is 2. The lowest BCUT2D eigenvalue weighted by Crippen LogP contribution is -2.29. The third-order valence-electron chi connectivity index (χ3n) is 3.35. The van der Waals surface area contributed by atoms with Gasteiger partial charge in [-0.2, -0.15) is 13.2 Å². The van der Waals surface area contributed by atoms with Crippen LogP contribution in [0.15, 0.2) is 24.3 Å². The van der Waals surface area contributed by atoms with Gasteiger partial charge in [-0.05, 0) is 49.4 Å². The van der Waals surface area contributed by atoms with E-state index in [1.807, 2.05) is 0 Å². The van der Waals surface area contributed by atoms with Gasteiger partial charge in [0.25, 0.3) is 0 Å². The molecule has 0 unspecified atom stereocenters. The van der Waals surface area contributed by atoms with Crippen molar-refractivity contribution in [3.05, 3.63) is 29.8 Å². The molecule has 0 aliphatic heterocycles. The van der Waals surface area contributed by atoms with Gasteiger partial charge in [0.05, 0.1) is 6.54 Å². The number of carbonyl (C=O) groups is 1. The molecule has 0 aromatic heterocycles. The van der Waals surface area contributed by atoms with Crippen LogP contribution in [-0.2, 0) is 11.2 Å². The average Bonchev–Trinajstić information content (AvgIpc) is 3.21. The maximum absolute atomic E-state index is 12.1. The molecule has 0 radical (unpaired) electrons. The van der Waals surface area contributed by atoms with Gasteiger partial charge in [0.1, 0.15) is 0 Å². The Morgan fingerprint density at radius 2 is 1.86 bits per heavy atom. The van der Waals surface area contributed by atoms with E-state index in [4.69, 9.17) is 0 Å². The lowest BCUT2D eigenvalue weighted by Gasteiger charge is -2.08. The van der Waals surface area contributed by atoms with Crippen LogP contribution < -0.4 is 10.6 Å². The number of amides is 1. The highest BCUT2D eigenvalue weighted by atomic mass is 19.4. The van der Waals surface area contributed by atoms with Crippen molar-refractivity contribution in [3.63, 3.8) is 0 Å². The summed E-state index contributed by atoms with van der Waals surface area (Å²) in [7, 11) is 0. The Morgan fingerprint density at radius 3 is 2.43 bits per heavy atom. The predicted octanol–water partition coefficient (Wildman–Crippen LogP) is 3.12. The Bertz CT molecular complexity index is 467. The summed E-state index contributed by atoms with van der Waals surface area (Å²) in [6.45, 7) is 1.12. The third-order valence-corrected chi connectivity index (χ3v) is 3.35. The van der Waals surface area contributed by atoms with Crippen molar-refractivity contribution in [2.45, 2.75) is 31.9 Å². The van der Waals surface area contributed by atoms with Crippen LogP contribution in [0.25, 0.3) is 0 Å². The van der Waals surface area contributed by atoms with Crippen LogP contribution in [0, 0.1) is 5.92 Å². The number of carbonyl (C=O) groups excluding carboxylic acids is 1. The molecule has 21 heavy (non-hydrogen) atoms. The van der Waals surface area contributed by atoms with E-state index in [-0.39, 0.29) is 18.9 Å². The molecule has 1 aliphatic carbocycles. The number of aryl methyl sites for hydroxylation is 1. The summed E-state index contributed by atoms with van der Waals surface area (Å²) in [4.78, 5) is 11.6. The van der Waals surface area contributed by atoms with Crippen molar-refractivity contribution in [3.8, 4) is 0 Å². The van der Waals surface area contributed by atoms with Crippen molar-refractivity contribution >= 4 is 11.6 Å². The van der Waals surface area contributed by atoms with Gasteiger partial charge in [-0.15, -0.1) is 0 Å². The van der Waals surface area contributed by atoms with E-state index in [1.165, 1.54) is 12.8 Å². The summed E-state index contributed by atoms with van der Waals surface area (Å²) in [6, 6.07) is 6.48. The zero-order valence-electron chi connectivity index (χ0n) is 11.7. The second-order valence-electron chi connectivity index (χ2n) is 5.43. The number of alkyl halides is 3. The lowest BCUT2D eigenvalue weighted by molar-refractivity contribution is -0.134. The molecule has 2 N–H and O–H groups in total. The molecule has 0 spiro atoms. The smallest absolute Gasteiger partial charge is 0.325 e. The normalized spacial score (nSPS) is 15.0. The van der Waals surface area contributed by atoms with E-state index in [1.54, 1.807) is 24.3 Å². The minimum absolute atomic E-state index is 0.0410. The fraction of sp³-hybridized carbons (Fsp3) is 0.533. The standard InChI is InChI=1S/C15H19F3N2O/c16-15(17,18)8-7-11-3-5-13(6-4-11)20-14(21)10-19-9-12-1-2-12/h3-6,12,19H,1-2,7-10H2,(H,20,21). The molecule has 1 aromatic carbocycles. The van der Waals surface area contributed by atoms with Crippen LogP contribution in [0.5, 0.6) is 0 Å². The summed E-state index contributed by atoms with van der Waals surface area (Å²) in [6.07, 6.45) is -2.55. The van der Waals surface area contributed by atoms with Crippen molar-refractivity contribution in [2.75, 3.05) is 18.4 Å². The van der Waals surface area contributed by atoms with Crippen LogP contribution in [-0.4, -0.2) is 25.2 Å². The largest absolute Gasteiger partial charge is 0.389 e. The summed E-state index contributed by atoms with van der Waals surface area (Å²) in [5.74, 6) is 0.574. The number of anilines is 1. The van der Waals surface area contributed by atoms with Crippen molar-refractivity contribution in [1.82, 2.24) is 5.32 Å². The molecule has 1 aromatic rings. The zero-order valence-corrected chi connectivity index (χ0v) is 11.7. The molecular weight excluding hydrogens is 281 g/mol. The first-order valence-electron chi connectivity index (χ1n) is 7.08. The number of halogens is 3. The third kappa shape index (κ3) is 6.62. The Morgan fingerprint density at radius 1 is 1.19 bits per heavy atom. The SMILES string of the molecule is O=C(CNCC1CC1)Nc1ccc(CCC(F)(F)F)cc1. The van der Waals surface area contributed by atoms with E-state index in [0.717, 1.165) is 6.54 Å². The predicted molar refractivity (Wildman–Crippen MR) is 75.0 cm³/mol. The lowest BCUT2D eigenvalue weighted by atomic mass is 10.1. The fourth-order valence-corrected chi connectivity index (χ4v) is 1.96. The molecule has 0 saturated heterocycles. The molecule has 0 heterocycles. The minimum atomic E-state index is -4.14. The van der Waals surface area contributed by atoms with Gasteiger partial charge in [-0.3, -0.25) is 4.79 Å². The van der Waals surface area contributed by atoms with E-state index >= 15 is 0 Å². The molecule has 0 atom stereocenters. The van der Waals surface area contributed by atoms with E-state index in [0.29, 0.717) is 17.2 Å². The molecule has 0 bridgehead atoms. The highest BCUT2D eigenvalue weighted by molar-refractivity contribution is 5.92. The highest BCUT2D eigenvalue weighted by Crippen LogP contribution is 2.27. The quantitative estimate of drug-likeness (QED) is 0.812. The summed E-state index contributed by atoms with van der Waals surface area (Å²) < 4.78 is 36.3. The number of rotatable bonds is 7. The first-order valence-corrected chi connectivity index (χ1v) is 7.08. The van der Waals surface area contributed by atoms with E-state index < -0.39 is 12.6 Å². The van der Waals surface area contributed by atoms with Crippen LogP contribution in [0.4, 0.5) is 18.9 Å². The van der Waals surface area contributed by atoms with Crippen molar-refractivity contribution in [2.24, 2.45) is 5.92 Å². The van der Waals surface area contributed by atoms with Gasteiger partial charge in [0.2, 0.25) is 5.91 Å². The van der Waals surface area contributed by atoms with Gasteiger partial charge in [0, 0.05) is 12.1 Å². The summed E-state index contributed by atoms with van der Waals surface area (Å²) in [5, 5.41) is 5.79. The number of benzene rings is 1. The van der Waals surface area contributed by atoms with Gasteiger partial charge < -0.3 is 10.6 Å². The van der Waals surface area contributed by atoms with Gasteiger partial charge >= 0.3 is 6.18 Å². The van der Waals surface area contributed by atoms with Crippen molar-refractivity contribution in [1.29, 1.82) is 0 Å². The van der Waals surface area contributed by atoms with Crippen LogP contribution in [0.1, 0.15) is 24.8 Å². The zero-order chi connectivity index (χ0) is 15.3. The Kier molecular flexibility index (Phi) is 5.22. The van der Waals surface area contributed by atoms with E-state index in [2.05, 4.69) is 10.6 Å². The maximum Gasteiger partial charge on any atom is 0.389 e. The Hall–Kier alpha value is -1.56. The minimum Gasteiger partial charge on any atom is -0.325 e. The Labute approximate surface area is 121 Å². The van der Waals surface area contributed by atoms with Gasteiger partial charge in [-0.1, -0.05) is 12.1 Å². The molecule has 3 nitrogen and oxygen atoms in total. The molecule has 6 heteroatoms. The monoisotopic (exact) mass is 300 g/mol. The van der Waals surface area contributed by atoms with Crippen LogP contribution >= 0.6 is 0 Å². The molecule has 1 amide bonds. The molecular formula is C15H19F3N2O. The van der Waals surface area contributed by atoms with Gasteiger partial charge in [0.15, 0.2) is 0 Å². The Balaban J connectivity index is 1.71. The highest BCUT2D eigenvalue weighted by Gasteiger charge is 2.26. The summed E-state index contributed by atoms with van der Waals surface area (Å²) >= 11 is 0. The molecule has 2 rings (SSSR count). The first kappa shape index (κ1) is 15.8. The van der Waals surface area contributed by atoms with Crippen molar-refractivity contribution < 1.29 is 18.0 Å². The number of nitrogens with one attached hydrogen (secondary N) is 2. The molecule has 1 fully saturated rings.